The predicted molar refractivity (Wildman–Crippen MR) is 68.2 cm³/mol. The Hall–Kier alpha value is -0.780. The van der Waals surface area contributed by atoms with Crippen molar-refractivity contribution in [3.8, 4) is 0 Å². The minimum absolute atomic E-state index is 0.338. The predicted octanol–water partition coefficient (Wildman–Crippen LogP) is 2.23. The van der Waals surface area contributed by atoms with Gasteiger partial charge in [0.2, 0.25) is 0 Å². The molecule has 5 nitrogen and oxygen atoms in total. The van der Waals surface area contributed by atoms with Crippen molar-refractivity contribution in [2.75, 3.05) is 11.9 Å². The molecule has 0 heterocycles. The van der Waals surface area contributed by atoms with E-state index in [-0.39, 0.29) is 0 Å². The molecule has 0 aliphatic carbocycles. The standard InChI is InChI=1S/C11H20BrNO4/c1-8(9(14)16-7-5-6-12)13-10(15)17-11(2,3)4/h8H,5-7H2,1-4H3,(H,13,15). The van der Waals surface area contributed by atoms with Crippen molar-refractivity contribution in [2.45, 2.75) is 45.8 Å². The lowest BCUT2D eigenvalue weighted by atomic mass is 10.2. The van der Waals surface area contributed by atoms with Crippen molar-refractivity contribution in [1.29, 1.82) is 0 Å². The van der Waals surface area contributed by atoms with Gasteiger partial charge in [-0.3, -0.25) is 0 Å². The molecule has 1 atom stereocenters. The molecule has 17 heavy (non-hydrogen) atoms. The van der Waals surface area contributed by atoms with Crippen molar-refractivity contribution in [3.05, 3.63) is 0 Å². The van der Waals surface area contributed by atoms with Gasteiger partial charge in [-0.25, -0.2) is 9.59 Å². The molecule has 0 saturated heterocycles. The van der Waals surface area contributed by atoms with Crippen molar-refractivity contribution in [1.82, 2.24) is 5.32 Å². The highest BCUT2D eigenvalue weighted by Gasteiger charge is 2.21. The van der Waals surface area contributed by atoms with Crippen LogP contribution in [0.15, 0.2) is 0 Å². The minimum Gasteiger partial charge on any atom is -0.464 e. The fraction of sp³-hybridized carbons (Fsp3) is 0.818. The second kappa shape index (κ2) is 7.53. The minimum atomic E-state index is -0.708. The molecule has 6 heteroatoms. The van der Waals surface area contributed by atoms with E-state index >= 15 is 0 Å². The number of hydrogen-bond acceptors (Lipinski definition) is 4. The molecule has 0 fully saturated rings. The summed E-state index contributed by atoms with van der Waals surface area (Å²) in [6.07, 6.45) is 0.118. The van der Waals surface area contributed by atoms with Crippen molar-refractivity contribution < 1.29 is 19.1 Å². The average molecular weight is 310 g/mol. The Morgan fingerprint density at radius 1 is 1.35 bits per heavy atom. The number of alkyl carbamates (subject to hydrolysis) is 1. The summed E-state index contributed by atoms with van der Waals surface area (Å²) in [4.78, 5) is 22.8. The van der Waals surface area contributed by atoms with Crippen LogP contribution in [0, 0.1) is 0 Å². The Morgan fingerprint density at radius 2 is 1.94 bits per heavy atom. The highest BCUT2D eigenvalue weighted by Crippen LogP contribution is 2.06. The maximum absolute atomic E-state index is 11.4. The summed E-state index contributed by atoms with van der Waals surface area (Å²) in [6, 6.07) is -0.708. The van der Waals surface area contributed by atoms with E-state index in [2.05, 4.69) is 21.2 Å². The van der Waals surface area contributed by atoms with Crippen LogP contribution < -0.4 is 5.32 Å². The van der Waals surface area contributed by atoms with Gasteiger partial charge in [-0.2, -0.15) is 0 Å². The Morgan fingerprint density at radius 3 is 2.41 bits per heavy atom. The molecule has 0 aliphatic heterocycles. The van der Waals surface area contributed by atoms with Gasteiger partial charge in [-0.05, 0) is 34.1 Å². The molecule has 0 aromatic rings. The van der Waals surface area contributed by atoms with Gasteiger partial charge in [0.25, 0.3) is 0 Å². The Labute approximate surface area is 110 Å². The number of rotatable bonds is 5. The SMILES string of the molecule is CC(NC(=O)OC(C)(C)C)C(=O)OCCCBr. The van der Waals surface area contributed by atoms with Crippen LogP contribution in [0.3, 0.4) is 0 Å². The number of carbonyl (C=O) groups excluding carboxylic acids is 2. The fourth-order valence-electron chi connectivity index (χ4n) is 0.896. The summed E-state index contributed by atoms with van der Waals surface area (Å²) in [5, 5.41) is 3.19. The number of nitrogens with one attached hydrogen (secondary N) is 1. The van der Waals surface area contributed by atoms with E-state index in [9.17, 15) is 9.59 Å². The summed E-state index contributed by atoms with van der Waals surface area (Å²) < 4.78 is 9.95. The molecule has 0 spiro atoms. The van der Waals surface area contributed by atoms with Crippen molar-refractivity contribution in [2.24, 2.45) is 0 Å². The Bertz CT molecular complexity index is 263. The van der Waals surface area contributed by atoms with Crippen LogP contribution in [0.4, 0.5) is 4.79 Å². The molecule has 0 rings (SSSR count). The molecule has 0 aromatic heterocycles. The van der Waals surface area contributed by atoms with E-state index in [0.717, 1.165) is 11.8 Å². The Kier molecular flexibility index (Phi) is 7.18. The van der Waals surface area contributed by atoms with Crippen LogP contribution in [0.1, 0.15) is 34.1 Å². The zero-order valence-electron chi connectivity index (χ0n) is 10.7. The summed E-state index contributed by atoms with van der Waals surface area (Å²) in [5.74, 6) is -0.461. The number of carbonyl (C=O) groups is 2. The smallest absolute Gasteiger partial charge is 0.408 e. The monoisotopic (exact) mass is 309 g/mol. The summed E-state index contributed by atoms with van der Waals surface area (Å²) >= 11 is 3.23. The van der Waals surface area contributed by atoms with Crippen LogP contribution in [0.5, 0.6) is 0 Å². The fourth-order valence-corrected chi connectivity index (χ4v) is 1.12. The molecule has 0 saturated carbocycles. The van der Waals surface area contributed by atoms with Crippen LogP contribution in [-0.4, -0.2) is 35.6 Å². The summed E-state index contributed by atoms with van der Waals surface area (Å²) in [5.41, 5.74) is -0.580. The molecular formula is C11H20BrNO4. The first-order valence-corrected chi connectivity index (χ1v) is 6.60. The second-order valence-corrected chi connectivity index (χ2v) is 5.37. The molecule has 1 unspecified atom stereocenters. The number of hydrogen-bond donors (Lipinski definition) is 1. The zero-order chi connectivity index (χ0) is 13.5. The second-order valence-electron chi connectivity index (χ2n) is 4.58. The lowest BCUT2D eigenvalue weighted by Gasteiger charge is -2.21. The topological polar surface area (TPSA) is 64.6 Å². The summed E-state index contributed by atoms with van der Waals surface area (Å²) in [7, 11) is 0. The van der Waals surface area contributed by atoms with E-state index in [1.54, 1.807) is 27.7 Å². The van der Waals surface area contributed by atoms with Crippen LogP contribution in [0.2, 0.25) is 0 Å². The normalized spacial score (nSPS) is 12.8. The first kappa shape index (κ1) is 16.2. The lowest BCUT2D eigenvalue weighted by molar-refractivity contribution is -0.145. The van der Waals surface area contributed by atoms with Gasteiger partial charge in [0, 0.05) is 5.33 Å². The molecule has 0 radical (unpaired) electrons. The third-order valence-electron chi connectivity index (χ3n) is 1.61. The Balaban J connectivity index is 3.95. The van der Waals surface area contributed by atoms with Gasteiger partial charge in [-0.1, -0.05) is 15.9 Å². The van der Waals surface area contributed by atoms with Crippen LogP contribution >= 0.6 is 15.9 Å². The lowest BCUT2D eigenvalue weighted by Crippen LogP contribution is -2.42. The van der Waals surface area contributed by atoms with Gasteiger partial charge >= 0.3 is 12.1 Å². The number of esters is 1. The molecule has 1 amide bonds. The van der Waals surface area contributed by atoms with Gasteiger partial charge in [0.1, 0.15) is 11.6 Å². The molecule has 0 bridgehead atoms. The van der Waals surface area contributed by atoms with Crippen molar-refractivity contribution >= 4 is 28.0 Å². The van der Waals surface area contributed by atoms with Gasteiger partial charge in [-0.15, -0.1) is 0 Å². The van der Waals surface area contributed by atoms with Crippen LogP contribution in [0.25, 0.3) is 0 Å². The van der Waals surface area contributed by atoms with E-state index in [1.807, 2.05) is 0 Å². The highest BCUT2D eigenvalue weighted by molar-refractivity contribution is 9.09. The molecule has 1 N–H and O–H groups in total. The van der Waals surface area contributed by atoms with E-state index in [0.29, 0.717) is 6.61 Å². The maximum Gasteiger partial charge on any atom is 0.408 e. The first-order chi connectivity index (χ1) is 7.76. The van der Waals surface area contributed by atoms with Gasteiger partial charge in [0.15, 0.2) is 0 Å². The van der Waals surface area contributed by atoms with E-state index in [1.165, 1.54) is 0 Å². The van der Waals surface area contributed by atoms with Gasteiger partial charge in [0.05, 0.1) is 6.61 Å². The molecule has 0 aliphatic rings. The van der Waals surface area contributed by atoms with E-state index < -0.39 is 23.7 Å². The molecule has 0 aromatic carbocycles. The highest BCUT2D eigenvalue weighted by atomic mass is 79.9. The molecular weight excluding hydrogens is 290 g/mol. The van der Waals surface area contributed by atoms with E-state index in [4.69, 9.17) is 9.47 Å². The number of halogens is 1. The zero-order valence-corrected chi connectivity index (χ0v) is 12.3. The first-order valence-electron chi connectivity index (χ1n) is 5.48. The van der Waals surface area contributed by atoms with Crippen molar-refractivity contribution in [3.63, 3.8) is 0 Å². The maximum atomic E-state index is 11.4. The number of amides is 1. The van der Waals surface area contributed by atoms with Gasteiger partial charge < -0.3 is 14.8 Å². The quantitative estimate of drug-likeness (QED) is 0.480. The third kappa shape index (κ3) is 8.97. The summed E-state index contributed by atoms with van der Waals surface area (Å²) in [6.45, 7) is 7.16. The number of alkyl halides is 1. The number of ether oxygens (including phenoxy) is 2. The largest absolute Gasteiger partial charge is 0.464 e. The third-order valence-corrected chi connectivity index (χ3v) is 2.17. The average Bonchev–Trinajstić information content (AvgIpc) is 2.14. The van der Waals surface area contributed by atoms with Crippen LogP contribution in [-0.2, 0) is 14.3 Å². The molecule has 100 valence electrons.